The number of nitrogens with one attached hydrogen (secondary N) is 1. The van der Waals surface area contributed by atoms with Gasteiger partial charge in [0.15, 0.2) is 0 Å². The van der Waals surface area contributed by atoms with Crippen molar-refractivity contribution in [3.63, 3.8) is 0 Å². The zero-order valence-electron chi connectivity index (χ0n) is 9.54. The third kappa shape index (κ3) is 3.70. The summed E-state index contributed by atoms with van der Waals surface area (Å²) in [5.41, 5.74) is 6.88. The molecule has 0 fully saturated rings. The minimum atomic E-state index is -0.299. The average Bonchev–Trinajstić information content (AvgIpc) is 2.28. The Morgan fingerprint density at radius 2 is 2.25 bits per heavy atom. The monoisotopic (exact) mass is 226 g/mol. The molecule has 0 heterocycles. The third-order valence-electron chi connectivity index (χ3n) is 2.71. The number of hydrogen-bond acceptors (Lipinski definition) is 3. The van der Waals surface area contributed by atoms with Crippen LogP contribution in [-0.2, 0) is 0 Å². The summed E-state index contributed by atoms with van der Waals surface area (Å²) in [4.78, 5) is 0. The van der Waals surface area contributed by atoms with Gasteiger partial charge in [-0.3, -0.25) is 0 Å². The van der Waals surface area contributed by atoms with Crippen LogP contribution in [0.2, 0.25) is 0 Å². The van der Waals surface area contributed by atoms with E-state index in [0.29, 0.717) is 23.8 Å². The molecule has 0 aliphatic rings. The van der Waals surface area contributed by atoms with Crippen LogP contribution in [0.5, 0.6) is 0 Å². The largest absolute Gasteiger partial charge is 0.397 e. The van der Waals surface area contributed by atoms with Crippen molar-refractivity contribution in [2.24, 2.45) is 5.92 Å². The van der Waals surface area contributed by atoms with Gasteiger partial charge in [0.05, 0.1) is 11.4 Å². The van der Waals surface area contributed by atoms with Crippen LogP contribution in [-0.4, -0.2) is 18.3 Å². The smallest absolute Gasteiger partial charge is 0.125 e. The van der Waals surface area contributed by atoms with E-state index in [-0.39, 0.29) is 12.4 Å². The van der Waals surface area contributed by atoms with Gasteiger partial charge in [-0.05, 0) is 30.5 Å². The van der Waals surface area contributed by atoms with E-state index in [4.69, 9.17) is 10.8 Å². The van der Waals surface area contributed by atoms with Crippen molar-refractivity contribution >= 4 is 11.4 Å². The Labute approximate surface area is 95.5 Å². The number of anilines is 2. The van der Waals surface area contributed by atoms with E-state index < -0.39 is 0 Å². The van der Waals surface area contributed by atoms with E-state index in [1.54, 1.807) is 6.07 Å². The molecule has 16 heavy (non-hydrogen) atoms. The zero-order valence-corrected chi connectivity index (χ0v) is 9.54. The lowest BCUT2D eigenvalue weighted by Gasteiger charge is -2.16. The summed E-state index contributed by atoms with van der Waals surface area (Å²) in [5.74, 6) is 0.0829. The maximum Gasteiger partial charge on any atom is 0.125 e. The average molecular weight is 226 g/mol. The van der Waals surface area contributed by atoms with Crippen LogP contribution < -0.4 is 11.1 Å². The molecule has 0 bridgehead atoms. The topological polar surface area (TPSA) is 58.3 Å². The Bertz CT molecular complexity index is 331. The molecule has 0 aliphatic carbocycles. The van der Waals surface area contributed by atoms with Crippen molar-refractivity contribution in [3.8, 4) is 0 Å². The Balaban J connectivity index is 2.55. The molecular weight excluding hydrogens is 207 g/mol. The fourth-order valence-corrected chi connectivity index (χ4v) is 1.57. The summed E-state index contributed by atoms with van der Waals surface area (Å²) in [7, 11) is 0. The minimum absolute atomic E-state index is 0.179. The second-order valence-electron chi connectivity index (χ2n) is 3.90. The Morgan fingerprint density at radius 1 is 1.50 bits per heavy atom. The second-order valence-corrected chi connectivity index (χ2v) is 3.90. The summed E-state index contributed by atoms with van der Waals surface area (Å²) in [6.45, 7) is 2.94. The number of benzene rings is 1. The molecule has 0 aromatic heterocycles. The normalized spacial score (nSPS) is 12.4. The summed E-state index contributed by atoms with van der Waals surface area (Å²) in [6.07, 6.45) is 1.72. The van der Waals surface area contributed by atoms with Gasteiger partial charge in [-0.2, -0.15) is 0 Å². The molecule has 4 N–H and O–H groups in total. The Hall–Kier alpha value is -1.29. The first kappa shape index (κ1) is 12.8. The molecule has 0 spiro atoms. The van der Waals surface area contributed by atoms with Crippen molar-refractivity contribution < 1.29 is 9.50 Å². The number of aliphatic hydroxyl groups is 1. The first-order valence-corrected chi connectivity index (χ1v) is 5.57. The van der Waals surface area contributed by atoms with Gasteiger partial charge >= 0.3 is 0 Å². The molecule has 0 saturated carbocycles. The van der Waals surface area contributed by atoms with Crippen LogP contribution in [0, 0.1) is 11.7 Å². The molecule has 1 unspecified atom stereocenters. The third-order valence-corrected chi connectivity index (χ3v) is 2.71. The van der Waals surface area contributed by atoms with Gasteiger partial charge in [-0.1, -0.05) is 13.3 Å². The molecule has 0 saturated heterocycles. The summed E-state index contributed by atoms with van der Waals surface area (Å²) in [5, 5.41) is 12.0. The maximum absolute atomic E-state index is 13.0. The van der Waals surface area contributed by atoms with Gasteiger partial charge in [-0.15, -0.1) is 0 Å². The molecule has 1 aromatic carbocycles. The highest BCUT2D eigenvalue weighted by Crippen LogP contribution is 2.20. The molecule has 90 valence electrons. The minimum Gasteiger partial charge on any atom is -0.397 e. The maximum atomic E-state index is 13.0. The standard InChI is InChI=1S/C12H19FN2O/c1-2-9(5-6-16)8-15-12-7-10(13)3-4-11(12)14/h3-4,7,9,15-16H,2,5-6,8,14H2,1H3. The van der Waals surface area contributed by atoms with Crippen LogP contribution in [0.3, 0.4) is 0 Å². The molecule has 1 aromatic rings. The predicted octanol–water partition coefficient (Wildman–Crippen LogP) is 2.23. The van der Waals surface area contributed by atoms with Crippen LogP contribution in [0.15, 0.2) is 18.2 Å². The van der Waals surface area contributed by atoms with Gasteiger partial charge in [0.25, 0.3) is 0 Å². The van der Waals surface area contributed by atoms with Crippen LogP contribution in [0.4, 0.5) is 15.8 Å². The summed E-state index contributed by atoms with van der Waals surface area (Å²) < 4.78 is 13.0. The van der Waals surface area contributed by atoms with Crippen molar-refractivity contribution in [1.29, 1.82) is 0 Å². The number of nitrogen functional groups attached to an aromatic ring is 1. The van der Waals surface area contributed by atoms with Crippen molar-refractivity contribution in [1.82, 2.24) is 0 Å². The highest BCUT2D eigenvalue weighted by atomic mass is 19.1. The van der Waals surface area contributed by atoms with Gasteiger partial charge in [0.1, 0.15) is 5.82 Å². The van der Waals surface area contributed by atoms with Crippen LogP contribution in [0.25, 0.3) is 0 Å². The highest BCUT2D eigenvalue weighted by molar-refractivity contribution is 5.65. The van der Waals surface area contributed by atoms with E-state index >= 15 is 0 Å². The molecule has 0 radical (unpaired) electrons. The molecule has 1 atom stereocenters. The van der Waals surface area contributed by atoms with Crippen LogP contribution >= 0.6 is 0 Å². The Morgan fingerprint density at radius 3 is 2.88 bits per heavy atom. The fraction of sp³-hybridized carbons (Fsp3) is 0.500. The summed E-state index contributed by atoms with van der Waals surface area (Å²) in [6, 6.07) is 4.28. The van der Waals surface area contributed by atoms with Crippen LogP contribution in [0.1, 0.15) is 19.8 Å². The molecule has 0 amide bonds. The lowest BCUT2D eigenvalue weighted by atomic mass is 10.0. The summed E-state index contributed by atoms with van der Waals surface area (Å²) >= 11 is 0. The predicted molar refractivity (Wildman–Crippen MR) is 64.8 cm³/mol. The number of hydrogen-bond donors (Lipinski definition) is 3. The van der Waals surface area contributed by atoms with E-state index in [1.165, 1.54) is 12.1 Å². The fourth-order valence-electron chi connectivity index (χ4n) is 1.57. The SMILES string of the molecule is CCC(CCO)CNc1cc(F)ccc1N. The van der Waals surface area contributed by atoms with Crippen molar-refractivity contribution in [3.05, 3.63) is 24.0 Å². The van der Waals surface area contributed by atoms with Gasteiger partial charge in [0, 0.05) is 13.2 Å². The van der Waals surface area contributed by atoms with Gasteiger partial charge < -0.3 is 16.2 Å². The van der Waals surface area contributed by atoms with E-state index in [2.05, 4.69) is 12.2 Å². The highest BCUT2D eigenvalue weighted by Gasteiger charge is 2.07. The first-order chi connectivity index (χ1) is 7.67. The quantitative estimate of drug-likeness (QED) is 0.652. The number of halogens is 1. The zero-order chi connectivity index (χ0) is 12.0. The van der Waals surface area contributed by atoms with Gasteiger partial charge in [0.2, 0.25) is 0 Å². The van der Waals surface area contributed by atoms with E-state index in [1.807, 2.05) is 0 Å². The van der Waals surface area contributed by atoms with Gasteiger partial charge in [-0.25, -0.2) is 4.39 Å². The molecule has 0 aliphatic heterocycles. The number of rotatable bonds is 6. The lowest BCUT2D eigenvalue weighted by molar-refractivity contribution is 0.258. The Kier molecular flexibility index (Phi) is 5.05. The van der Waals surface area contributed by atoms with Crippen molar-refractivity contribution in [2.45, 2.75) is 19.8 Å². The van der Waals surface area contributed by atoms with E-state index in [9.17, 15) is 4.39 Å². The van der Waals surface area contributed by atoms with E-state index in [0.717, 1.165) is 12.8 Å². The number of aliphatic hydroxyl groups excluding tert-OH is 1. The first-order valence-electron chi connectivity index (χ1n) is 5.57. The second kappa shape index (κ2) is 6.33. The molecule has 1 rings (SSSR count). The molecular formula is C12H19FN2O. The molecule has 3 nitrogen and oxygen atoms in total. The number of nitrogens with two attached hydrogens (primary N) is 1. The molecule has 4 heteroatoms. The lowest BCUT2D eigenvalue weighted by Crippen LogP contribution is -2.15. The van der Waals surface area contributed by atoms with Crippen molar-refractivity contribution in [2.75, 3.05) is 24.2 Å².